The van der Waals surface area contributed by atoms with Crippen molar-refractivity contribution in [2.24, 2.45) is 0 Å². The van der Waals surface area contributed by atoms with E-state index in [1.807, 2.05) is 11.3 Å². The first-order valence-electron chi connectivity index (χ1n) is 6.73. The summed E-state index contributed by atoms with van der Waals surface area (Å²) < 4.78 is 2.47. The van der Waals surface area contributed by atoms with Crippen molar-refractivity contribution in [1.82, 2.24) is 0 Å². The second-order valence-electron chi connectivity index (χ2n) is 6.12. The van der Waals surface area contributed by atoms with E-state index in [1.165, 1.54) is 26.1 Å². The fourth-order valence-corrected chi connectivity index (χ4v) is 3.71. The maximum absolute atomic E-state index is 3.54. The molecule has 0 aliphatic heterocycles. The van der Waals surface area contributed by atoms with Crippen LogP contribution in [-0.4, -0.2) is 0 Å². The molecule has 2 heteroatoms. The van der Waals surface area contributed by atoms with Crippen molar-refractivity contribution < 1.29 is 0 Å². The molecule has 0 saturated heterocycles. The van der Waals surface area contributed by atoms with Crippen molar-refractivity contribution in [3.05, 3.63) is 58.6 Å². The highest BCUT2D eigenvalue weighted by molar-refractivity contribution is 9.10. The Morgan fingerprint density at radius 3 is 2.50 bits per heavy atom. The minimum absolute atomic E-state index is 0.190. The lowest BCUT2D eigenvalue weighted by molar-refractivity contribution is 0.590. The average molecular weight is 345 g/mol. The summed E-state index contributed by atoms with van der Waals surface area (Å²) in [5, 5.41) is 1.31. The van der Waals surface area contributed by atoms with Crippen LogP contribution in [0.15, 0.2) is 53.0 Å². The largest absolute Gasteiger partial charge is 0.135 e. The lowest BCUT2D eigenvalue weighted by Crippen LogP contribution is -2.10. The minimum atomic E-state index is 0.190. The second kappa shape index (κ2) is 5.01. The Hall–Kier alpha value is -1.12. The Bertz CT molecular complexity index is 762. The molecular weight excluding hydrogens is 328 g/mol. The Labute approximate surface area is 132 Å². The van der Waals surface area contributed by atoms with Gasteiger partial charge in [-0.2, -0.15) is 0 Å². The highest BCUT2D eigenvalue weighted by Gasteiger charge is 2.14. The Morgan fingerprint density at radius 2 is 1.75 bits per heavy atom. The van der Waals surface area contributed by atoms with E-state index in [4.69, 9.17) is 0 Å². The minimum Gasteiger partial charge on any atom is -0.135 e. The van der Waals surface area contributed by atoms with E-state index in [0.717, 1.165) is 4.47 Å². The highest BCUT2D eigenvalue weighted by Crippen LogP contribution is 2.36. The van der Waals surface area contributed by atoms with E-state index >= 15 is 0 Å². The van der Waals surface area contributed by atoms with Crippen LogP contribution >= 0.6 is 27.3 Å². The zero-order chi connectivity index (χ0) is 14.3. The van der Waals surface area contributed by atoms with E-state index < -0.39 is 0 Å². The molecule has 0 fully saturated rings. The predicted octanol–water partition coefficient (Wildman–Crippen LogP) is 6.63. The molecule has 0 bridgehead atoms. The molecule has 1 aromatic heterocycles. The standard InChI is InChI=1S/C18H17BrS/c1-18(2,3)14-6-4-5-12(9-14)17-11-13-10-15(19)7-8-16(13)20-17/h4-11H,1-3H3. The van der Waals surface area contributed by atoms with E-state index in [0.29, 0.717) is 0 Å². The molecule has 0 N–H and O–H groups in total. The van der Waals surface area contributed by atoms with Crippen LogP contribution in [0.25, 0.3) is 20.5 Å². The summed E-state index contributed by atoms with van der Waals surface area (Å²) in [7, 11) is 0. The number of hydrogen-bond donors (Lipinski definition) is 0. The van der Waals surface area contributed by atoms with Gasteiger partial charge in [-0.3, -0.25) is 0 Å². The monoisotopic (exact) mass is 344 g/mol. The van der Waals surface area contributed by atoms with Crippen molar-refractivity contribution in [1.29, 1.82) is 0 Å². The summed E-state index contributed by atoms with van der Waals surface area (Å²) in [6.07, 6.45) is 0. The molecular formula is C18H17BrS. The molecule has 2 aromatic carbocycles. The van der Waals surface area contributed by atoms with Crippen molar-refractivity contribution in [3.63, 3.8) is 0 Å². The third-order valence-electron chi connectivity index (χ3n) is 3.49. The fourth-order valence-electron chi connectivity index (χ4n) is 2.30. The summed E-state index contributed by atoms with van der Waals surface area (Å²) in [4.78, 5) is 1.34. The van der Waals surface area contributed by atoms with Crippen molar-refractivity contribution >= 4 is 37.4 Å². The van der Waals surface area contributed by atoms with Crippen LogP contribution in [-0.2, 0) is 5.41 Å². The third kappa shape index (κ3) is 2.68. The summed E-state index contributed by atoms with van der Waals surface area (Å²) in [5.74, 6) is 0. The number of benzene rings is 2. The maximum atomic E-state index is 3.54. The lowest BCUT2D eigenvalue weighted by atomic mass is 9.86. The molecule has 0 spiro atoms. The van der Waals surface area contributed by atoms with E-state index in [1.54, 1.807) is 0 Å². The van der Waals surface area contributed by atoms with Gasteiger partial charge in [0.1, 0.15) is 0 Å². The second-order valence-corrected chi connectivity index (χ2v) is 8.12. The SMILES string of the molecule is CC(C)(C)c1cccc(-c2cc3cc(Br)ccc3s2)c1. The number of fused-ring (bicyclic) bond motifs is 1. The summed E-state index contributed by atoms with van der Waals surface area (Å²) in [5.41, 5.74) is 2.89. The molecule has 0 radical (unpaired) electrons. The first kappa shape index (κ1) is 13.8. The molecule has 0 amide bonds. The van der Waals surface area contributed by atoms with Gasteiger partial charge in [0.05, 0.1) is 0 Å². The van der Waals surface area contributed by atoms with Gasteiger partial charge in [0.25, 0.3) is 0 Å². The number of thiophene rings is 1. The first-order chi connectivity index (χ1) is 9.43. The first-order valence-corrected chi connectivity index (χ1v) is 8.34. The fraction of sp³-hybridized carbons (Fsp3) is 0.222. The van der Waals surface area contributed by atoms with Gasteiger partial charge >= 0.3 is 0 Å². The van der Waals surface area contributed by atoms with Gasteiger partial charge in [0, 0.05) is 14.0 Å². The van der Waals surface area contributed by atoms with Crippen LogP contribution < -0.4 is 0 Å². The molecule has 3 aromatic rings. The number of rotatable bonds is 1. The Balaban J connectivity index is 2.11. The summed E-state index contributed by atoms with van der Waals surface area (Å²) in [6.45, 7) is 6.77. The molecule has 0 atom stereocenters. The van der Waals surface area contributed by atoms with Crippen LogP contribution in [0.1, 0.15) is 26.3 Å². The van der Waals surface area contributed by atoms with Gasteiger partial charge in [0.2, 0.25) is 0 Å². The van der Waals surface area contributed by atoms with E-state index in [-0.39, 0.29) is 5.41 Å². The quantitative estimate of drug-likeness (QED) is 0.464. The third-order valence-corrected chi connectivity index (χ3v) is 5.15. The molecule has 102 valence electrons. The smallest absolute Gasteiger partial charge is 0.0355 e. The van der Waals surface area contributed by atoms with Gasteiger partial charge < -0.3 is 0 Å². The van der Waals surface area contributed by atoms with Crippen LogP contribution in [0, 0.1) is 0 Å². The molecule has 0 saturated carbocycles. The molecule has 0 aliphatic rings. The van der Waals surface area contributed by atoms with Gasteiger partial charge in [0.15, 0.2) is 0 Å². The average Bonchev–Trinajstić information content (AvgIpc) is 2.81. The molecule has 20 heavy (non-hydrogen) atoms. The predicted molar refractivity (Wildman–Crippen MR) is 93.7 cm³/mol. The maximum Gasteiger partial charge on any atom is 0.0355 e. The zero-order valence-electron chi connectivity index (χ0n) is 11.9. The lowest BCUT2D eigenvalue weighted by Gasteiger charge is -2.19. The van der Waals surface area contributed by atoms with Crippen molar-refractivity contribution in [2.45, 2.75) is 26.2 Å². The van der Waals surface area contributed by atoms with Crippen molar-refractivity contribution in [2.75, 3.05) is 0 Å². The summed E-state index contributed by atoms with van der Waals surface area (Å²) in [6, 6.07) is 17.7. The molecule has 3 rings (SSSR count). The van der Waals surface area contributed by atoms with Gasteiger partial charge in [-0.15, -0.1) is 11.3 Å². The van der Waals surface area contributed by atoms with Gasteiger partial charge in [-0.1, -0.05) is 54.9 Å². The molecule has 0 nitrogen and oxygen atoms in total. The topological polar surface area (TPSA) is 0 Å². The Morgan fingerprint density at radius 1 is 0.950 bits per heavy atom. The molecule has 1 heterocycles. The highest BCUT2D eigenvalue weighted by atomic mass is 79.9. The molecule has 0 aliphatic carbocycles. The van der Waals surface area contributed by atoms with Crippen LogP contribution in [0.3, 0.4) is 0 Å². The van der Waals surface area contributed by atoms with Crippen molar-refractivity contribution in [3.8, 4) is 10.4 Å². The van der Waals surface area contributed by atoms with E-state index in [9.17, 15) is 0 Å². The van der Waals surface area contributed by atoms with E-state index in [2.05, 4.69) is 85.2 Å². The van der Waals surface area contributed by atoms with Crippen LogP contribution in [0.4, 0.5) is 0 Å². The van der Waals surface area contributed by atoms with Crippen LogP contribution in [0.2, 0.25) is 0 Å². The number of halogens is 1. The number of hydrogen-bond acceptors (Lipinski definition) is 1. The summed E-state index contributed by atoms with van der Waals surface area (Å²) >= 11 is 5.40. The normalized spacial score (nSPS) is 12.0. The van der Waals surface area contributed by atoms with Gasteiger partial charge in [-0.05, 0) is 52.3 Å². The van der Waals surface area contributed by atoms with Gasteiger partial charge in [-0.25, -0.2) is 0 Å². The van der Waals surface area contributed by atoms with Crippen LogP contribution in [0.5, 0.6) is 0 Å². The Kier molecular flexibility index (Phi) is 3.47. The zero-order valence-corrected chi connectivity index (χ0v) is 14.3. The molecule has 0 unspecified atom stereocenters.